The van der Waals surface area contributed by atoms with Crippen LogP contribution in [-0.2, 0) is 17.6 Å². The summed E-state index contributed by atoms with van der Waals surface area (Å²) in [5.41, 5.74) is 1.53. The zero-order chi connectivity index (χ0) is 17.0. The molecule has 2 amide bonds. The minimum Gasteiger partial charge on any atom is -0.366 e. The first-order valence-electron chi connectivity index (χ1n) is 7.99. The van der Waals surface area contributed by atoms with E-state index in [0.29, 0.717) is 12.2 Å². The molecule has 128 valence electrons. The number of alkyl halides is 2. The van der Waals surface area contributed by atoms with Crippen molar-refractivity contribution in [2.24, 2.45) is 0 Å². The van der Waals surface area contributed by atoms with Gasteiger partial charge in [0.05, 0.1) is 13.2 Å². The van der Waals surface area contributed by atoms with Crippen molar-refractivity contribution in [3.63, 3.8) is 0 Å². The Morgan fingerprint density at radius 2 is 2.04 bits per heavy atom. The van der Waals surface area contributed by atoms with Crippen molar-refractivity contribution in [1.29, 1.82) is 0 Å². The molecular weight excluding hydrogens is 302 g/mol. The molecule has 1 aliphatic heterocycles. The number of rotatable bonds is 4. The van der Waals surface area contributed by atoms with E-state index in [4.69, 9.17) is 4.74 Å². The predicted molar refractivity (Wildman–Crippen MR) is 86.2 cm³/mol. The molecule has 0 radical (unpaired) electrons. The van der Waals surface area contributed by atoms with Crippen molar-refractivity contribution < 1.29 is 18.3 Å². The summed E-state index contributed by atoms with van der Waals surface area (Å²) in [7, 11) is 0. The van der Waals surface area contributed by atoms with Gasteiger partial charge < -0.3 is 15.0 Å². The summed E-state index contributed by atoms with van der Waals surface area (Å²) in [4.78, 5) is 13.7. The molecular formula is C17H24F2N2O2. The Morgan fingerprint density at radius 1 is 1.35 bits per heavy atom. The number of aryl methyl sites for hydroxylation is 2. The zero-order valence-electron chi connectivity index (χ0n) is 13.9. The minimum atomic E-state index is -2.63. The molecule has 0 spiro atoms. The van der Waals surface area contributed by atoms with Crippen molar-refractivity contribution in [3.05, 3.63) is 29.3 Å². The van der Waals surface area contributed by atoms with Gasteiger partial charge in [-0.15, -0.1) is 0 Å². The number of halogens is 2. The van der Waals surface area contributed by atoms with Crippen molar-refractivity contribution in [3.8, 4) is 0 Å². The summed E-state index contributed by atoms with van der Waals surface area (Å²) in [6.07, 6.45) is -0.810. The summed E-state index contributed by atoms with van der Waals surface area (Å²) in [6.45, 7) is 5.79. The summed E-state index contributed by atoms with van der Waals surface area (Å²) < 4.78 is 31.3. The summed E-state index contributed by atoms with van der Waals surface area (Å²) in [5, 5.41) is 2.80. The number of benzene rings is 1. The van der Waals surface area contributed by atoms with Crippen LogP contribution in [0.3, 0.4) is 0 Å². The number of carbonyl (C=O) groups excluding carboxylic acids is 1. The van der Waals surface area contributed by atoms with E-state index in [-0.39, 0.29) is 19.2 Å². The Hall–Kier alpha value is -1.69. The number of hydrogen-bond acceptors (Lipinski definition) is 2. The fourth-order valence-corrected chi connectivity index (χ4v) is 2.78. The van der Waals surface area contributed by atoms with Crippen LogP contribution < -0.4 is 5.32 Å². The first-order valence-corrected chi connectivity index (χ1v) is 7.99. The van der Waals surface area contributed by atoms with Gasteiger partial charge in [-0.25, -0.2) is 13.6 Å². The molecule has 1 aromatic carbocycles. The lowest BCUT2D eigenvalue weighted by Gasteiger charge is -2.39. The van der Waals surface area contributed by atoms with E-state index in [1.165, 1.54) is 23.0 Å². The third kappa shape index (κ3) is 3.99. The Kier molecular flexibility index (Phi) is 5.57. The smallest absolute Gasteiger partial charge is 0.322 e. The van der Waals surface area contributed by atoms with E-state index in [9.17, 15) is 13.6 Å². The third-order valence-electron chi connectivity index (χ3n) is 4.27. The van der Waals surface area contributed by atoms with Gasteiger partial charge in [-0.05, 0) is 43.0 Å². The van der Waals surface area contributed by atoms with Crippen molar-refractivity contribution in [1.82, 2.24) is 4.90 Å². The highest BCUT2D eigenvalue weighted by molar-refractivity contribution is 5.89. The lowest BCUT2D eigenvalue weighted by Crippen LogP contribution is -2.56. The topological polar surface area (TPSA) is 41.6 Å². The lowest BCUT2D eigenvalue weighted by atomic mass is 10.0. The molecule has 1 unspecified atom stereocenters. The average molecular weight is 326 g/mol. The van der Waals surface area contributed by atoms with E-state index in [1.807, 2.05) is 18.2 Å². The highest BCUT2D eigenvalue weighted by atomic mass is 19.3. The van der Waals surface area contributed by atoms with Gasteiger partial charge in [0.2, 0.25) is 0 Å². The van der Waals surface area contributed by atoms with E-state index in [2.05, 4.69) is 19.2 Å². The number of carbonyl (C=O) groups is 1. The summed E-state index contributed by atoms with van der Waals surface area (Å²) >= 11 is 0. The van der Waals surface area contributed by atoms with E-state index < -0.39 is 12.0 Å². The molecule has 23 heavy (non-hydrogen) atoms. The van der Waals surface area contributed by atoms with Gasteiger partial charge in [0.1, 0.15) is 5.60 Å². The molecule has 0 saturated carbocycles. The van der Waals surface area contributed by atoms with E-state index in [0.717, 1.165) is 12.8 Å². The Bertz CT molecular complexity index is 566. The van der Waals surface area contributed by atoms with Gasteiger partial charge >= 0.3 is 6.03 Å². The van der Waals surface area contributed by atoms with Gasteiger partial charge in [-0.2, -0.15) is 0 Å². The highest BCUT2D eigenvalue weighted by Gasteiger charge is 2.42. The molecule has 0 bridgehead atoms. The quantitative estimate of drug-likeness (QED) is 0.916. The Labute approximate surface area is 135 Å². The number of ether oxygens (including phenoxy) is 1. The second-order valence-electron chi connectivity index (χ2n) is 6.00. The monoisotopic (exact) mass is 326 g/mol. The van der Waals surface area contributed by atoms with Crippen LogP contribution in [0.5, 0.6) is 0 Å². The van der Waals surface area contributed by atoms with Crippen LogP contribution in [0.4, 0.5) is 19.3 Å². The van der Waals surface area contributed by atoms with Gasteiger partial charge in [-0.1, -0.05) is 19.9 Å². The number of hydrogen-bond donors (Lipinski definition) is 1. The molecule has 1 heterocycles. The predicted octanol–water partition coefficient (Wildman–Crippen LogP) is 3.70. The van der Waals surface area contributed by atoms with Crippen LogP contribution in [0.15, 0.2) is 18.2 Å². The molecule has 1 N–H and O–H groups in total. The fourth-order valence-electron chi connectivity index (χ4n) is 2.78. The molecule has 1 fully saturated rings. The van der Waals surface area contributed by atoms with Crippen molar-refractivity contribution >= 4 is 11.7 Å². The minimum absolute atomic E-state index is 0.114. The zero-order valence-corrected chi connectivity index (χ0v) is 13.9. The molecule has 0 aromatic heterocycles. The van der Waals surface area contributed by atoms with Crippen LogP contribution in [0.25, 0.3) is 0 Å². The van der Waals surface area contributed by atoms with Gasteiger partial charge in [-0.3, -0.25) is 0 Å². The van der Waals surface area contributed by atoms with Crippen molar-refractivity contribution in [2.45, 2.75) is 45.6 Å². The average Bonchev–Trinajstić information content (AvgIpc) is 2.54. The van der Waals surface area contributed by atoms with E-state index >= 15 is 0 Å². The number of nitrogens with zero attached hydrogens (tertiary/aromatic N) is 1. The standard InChI is InChI=1S/C17H24F2N2O2/c1-4-12-6-7-14(10-13(12)5-2)20-16(22)21-8-9-23-17(3,11-21)15(18)19/h6-7,10,15H,4-5,8-9,11H2,1-3H3,(H,20,22). The molecule has 2 rings (SSSR count). The Morgan fingerprint density at radius 3 is 2.65 bits per heavy atom. The molecule has 4 nitrogen and oxygen atoms in total. The second kappa shape index (κ2) is 7.25. The summed E-state index contributed by atoms with van der Waals surface area (Å²) in [5.74, 6) is 0. The molecule has 0 aliphatic carbocycles. The van der Waals surface area contributed by atoms with Gasteiger partial charge in [0.25, 0.3) is 6.43 Å². The molecule has 1 aromatic rings. The molecule has 1 atom stereocenters. The number of nitrogens with one attached hydrogen (secondary N) is 1. The van der Waals surface area contributed by atoms with Crippen LogP contribution in [0, 0.1) is 0 Å². The third-order valence-corrected chi connectivity index (χ3v) is 4.27. The SMILES string of the molecule is CCc1ccc(NC(=O)N2CCOC(C)(C(F)F)C2)cc1CC. The maximum atomic E-state index is 13.1. The van der Waals surface area contributed by atoms with Crippen LogP contribution in [0.2, 0.25) is 0 Å². The largest absolute Gasteiger partial charge is 0.366 e. The maximum absolute atomic E-state index is 13.1. The van der Waals surface area contributed by atoms with Crippen molar-refractivity contribution in [2.75, 3.05) is 25.0 Å². The number of morpholine rings is 1. The molecule has 1 saturated heterocycles. The van der Waals surface area contributed by atoms with Crippen LogP contribution in [0.1, 0.15) is 31.9 Å². The number of anilines is 1. The highest BCUT2D eigenvalue weighted by Crippen LogP contribution is 2.25. The number of amides is 2. The molecule has 6 heteroatoms. The first kappa shape index (κ1) is 17.7. The Balaban J connectivity index is 2.07. The normalized spacial score (nSPS) is 21.6. The fraction of sp³-hybridized carbons (Fsp3) is 0.588. The molecule has 1 aliphatic rings. The number of urea groups is 1. The van der Waals surface area contributed by atoms with Crippen LogP contribution >= 0.6 is 0 Å². The van der Waals surface area contributed by atoms with Crippen LogP contribution in [-0.4, -0.2) is 42.7 Å². The second-order valence-corrected chi connectivity index (χ2v) is 6.00. The van der Waals surface area contributed by atoms with E-state index in [1.54, 1.807) is 0 Å². The lowest BCUT2D eigenvalue weighted by molar-refractivity contribution is -0.161. The van der Waals surface area contributed by atoms with Gasteiger partial charge in [0, 0.05) is 12.2 Å². The summed E-state index contributed by atoms with van der Waals surface area (Å²) in [6, 6.07) is 5.43. The first-order chi connectivity index (χ1) is 10.9. The van der Waals surface area contributed by atoms with Gasteiger partial charge in [0.15, 0.2) is 0 Å². The maximum Gasteiger partial charge on any atom is 0.322 e.